The van der Waals surface area contributed by atoms with Gasteiger partial charge in [-0.2, -0.15) is 0 Å². The molecule has 2 aromatic rings. The van der Waals surface area contributed by atoms with Crippen LogP contribution in [0.25, 0.3) is 11.0 Å². The van der Waals surface area contributed by atoms with Crippen LogP contribution in [-0.2, 0) is 6.42 Å². The molecule has 0 atom stereocenters. The van der Waals surface area contributed by atoms with Gasteiger partial charge in [-0.1, -0.05) is 32.0 Å². The van der Waals surface area contributed by atoms with Crippen molar-refractivity contribution in [2.24, 2.45) is 0 Å². The molecule has 70 valence electrons. The Morgan fingerprint density at radius 3 is 2.77 bits per heavy atom. The Morgan fingerprint density at radius 2 is 2.08 bits per heavy atom. The second kappa shape index (κ2) is 4.65. The molecule has 2 rings (SSSR count). The highest BCUT2D eigenvalue weighted by Gasteiger charge is 1.97. The summed E-state index contributed by atoms with van der Waals surface area (Å²) in [5, 5.41) is 4.77. The van der Waals surface area contributed by atoms with Crippen molar-refractivity contribution in [1.82, 2.24) is 5.16 Å². The van der Waals surface area contributed by atoms with Crippen LogP contribution in [0.3, 0.4) is 0 Å². The van der Waals surface area contributed by atoms with Crippen molar-refractivity contribution in [2.45, 2.75) is 27.2 Å². The fourth-order valence-electron chi connectivity index (χ4n) is 1.12. The maximum absolute atomic E-state index is 5.01. The lowest BCUT2D eigenvalue weighted by Crippen LogP contribution is -1.76. The van der Waals surface area contributed by atoms with E-state index in [2.05, 4.69) is 18.1 Å². The van der Waals surface area contributed by atoms with Crippen LogP contribution in [0, 0.1) is 0 Å². The first kappa shape index (κ1) is 9.78. The number of benzene rings is 1. The maximum atomic E-state index is 5.01. The molecule has 0 saturated heterocycles. The van der Waals surface area contributed by atoms with Crippen molar-refractivity contribution in [2.75, 3.05) is 0 Å². The summed E-state index contributed by atoms with van der Waals surface area (Å²) in [7, 11) is 0. The molecule has 0 fully saturated rings. The van der Waals surface area contributed by atoms with E-state index in [4.69, 9.17) is 4.52 Å². The lowest BCUT2D eigenvalue weighted by Gasteiger charge is -1.92. The van der Waals surface area contributed by atoms with Gasteiger partial charge in [0.15, 0.2) is 5.58 Å². The van der Waals surface area contributed by atoms with Crippen LogP contribution in [0.2, 0.25) is 0 Å². The van der Waals surface area contributed by atoms with Crippen molar-refractivity contribution >= 4 is 11.0 Å². The Morgan fingerprint density at radius 1 is 1.31 bits per heavy atom. The lowest BCUT2D eigenvalue weighted by molar-refractivity contribution is 0.456. The molecule has 0 amide bonds. The summed E-state index contributed by atoms with van der Waals surface area (Å²) >= 11 is 0. The molecule has 0 radical (unpaired) electrons. The zero-order valence-corrected chi connectivity index (χ0v) is 8.37. The Bertz CT molecular complexity index is 365. The third kappa shape index (κ3) is 2.08. The van der Waals surface area contributed by atoms with E-state index in [9.17, 15) is 0 Å². The topological polar surface area (TPSA) is 26.0 Å². The molecule has 1 heterocycles. The van der Waals surface area contributed by atoms with E-state index in [0.29, 0.717) is 0 Å². The van der Waals surface area contributed by atoms with Crippen molar-refractivity contribution in [3.63, 3.8) is 0 Å². The van der Waals surface area contributed by atoms with Crippen LogP contribution in [0.15, 0.2) is 28.9 Å². The quantitative estimate of drug-likeness (QED) is 0.667. The predicted octanol–water partition coefficient (Wildman–Crippen LogP) is 3.42. The Labute approximate surface area is 78.5 Å². The van der Waals surface area contributed by atoms with Crippen molar-refractivity contribution in [3.8, 4) is 0 Å². The zero-order valence-electron chi connectivity index (χ0n) is 8.37. The van der Waals surface area contributed by atoms with Crippen LogP contribution in [0.1, 0.15) is 26.3 Å². The van der Waals surface area contributed by atoms with Crippen LogP contribution in [-0.4, -0.2) is 5.16 Å². The standard InChI is InChI=1S/C9H9NO.C2H6/c1-2-7-3-4-8-6-10-11-9(8)5-7;1-2/h3-6H,2H2,1H3;1-2H3. The zero-order chi connectivity index (χ0) is 9.68. The SMILES string of the molecule is CC.CCc1ccc2cnoc2c1. The van der Waals surface area contributed by atoms with Gasteiger partial charge in [-0.15, -0.1) is 0 Å². The Balaban J connectivity index is 0.000000396. The molecular weight excluding hydrogens is 162 g/mol. The van der Waals surface area contributed by atoms with Gasteiger partial charge in [0, 0.05) is 5.39 Å². The van der Waals surface area contributed by atoms with Crippen molar-refractivity contribution in [1.29, 1.82) is 0 Å². The third-order valence-corrected chi connectivity index (χ3v) is 1.83. The first-order valence-electron chi connectivity index (χ1n) is 4.73. The van der Waals surface area contributed by atoms with Crippen molar-refractivity contribution < 1.29 is 4.52 Å². The van der Waals surface area contributed by atoms with Gasteiger partial charge in [-0.3, -0.25) is 0 Å². The fourth-order valence-corrected chi connectivity index (χ4v) is 1.12. The molecule has 0 aliphatic rings. The highest BCUT2D eigenvalue weighted by molar-refractivity contribution is 5.76. The molecule has 0 aliphatic carbocycles. The molecule has 1 aromatic heterocycles. The highest BCUT2D eigenvalue weighted by Crippen LogP contribution is 2.14. The molecule has 13 heavy (non-hydrogen) atoms. The van der Waals surface area contributed by atoms with Gasteiger partial charge in [0.2, 0.25) is 0 Å². The van der Waals surface area contributed by atoms with Gasteiger partial charge in [0.25, 0.3) is 0 Å². The molecule has 2 nitrogen and oxygen atoms in total. The van der Waals surface area contributed by atoms with Crippen molar-refractivity contribution in [3.05, 3.63) is 30.0 Å². The number of fused-ring (bicyclic) bond motifs is 1. The predicted molar refractivity (Wildman–Crippen MR) is 54.7 cm³/mol. The summed E-state index contributed by atoms with van der Waals surface area (Å²) < 4.78 is 5.01. The van der Waals surface area contributed by atoms with Gasteiger partial charge >= 0.3 is 0 Å². The van der Waals surface area contributed by atoms with E-state index >= 15 is 0 Å². The van der Waals surface area contributed by atoms with Gasteiger partial charge in [-0.05, 0) is 24.1 Å². The van der Waals surface area contributed by atoms with E-state index in [0.717, 1.165) is 17.4 Å². The normalized spacial score (nSPS) is 9.46. The average Bonchev–Trinajstić information content (AvgIpc) is 2.67. The number of rotatable bonds is 1. The first-order chi connectivity index (χ1) is 6.40. The van der Waals surface area contributed by atoms with Gasteiger partial charge in [0.1, 0.15) is 0 Å². The smallest absolute Gasteiger partial charge is 0.167 e. The summed E-state index contributed by atoms with van der Waals surface area (Å²) in [5.41, 5.74) is 2.17. The number of aromatic nitrogens is 1. The lowest BCUT2D eigenvalue weighted by atomic mass is 10.1. The molecule has 0 spiro atoms. The minimum atomic E-state index is 0.879. The summed E-state index contributed by atoms with van der Waals surface area (Å²) in [5.74, 6) is 0. The minimum Gasteiger partial charge on any atom is -0.356 e. The fraction of sp³-hybridized carbons (Fsp3) is 0.364. The minimum absolute atomic E-state index is 0.879. The molecule has 0 saturated carbocycles. The summed E-state index contributed by atoms with van der Waals surface area (Å²) in [6.45, 7) is 6.12. The van der Waals surface area contributed by atoms with Crippen LogP contribution in [0.4, 0.5) is 0 Å². The molecule has 0 N–H and O–H groups in total. The van der Waals surface area contributed by atoms with Gasteiger partial charge < -0.3 is 4.52 Å². The Hall–Kier alpha value is -1.31. The van der Waals surface area contributed by atoms with Crippen LogP contribution >= 0.6 is 0 Å². The monoisotopic (exact) mass is 177 g/mol. The number of hydrogen-bond donors (Lipinski definition) is 0. The number of nitrogens with zero attached hydrogens (tertiary/aromatic N) is 1. The maximum Gasteiger partial charge on any atom is 0.167 e. The summed E-state index contributed by atoms with van der Waals surface area (Å²) in [4.78, 5) is 0. The van der Waals surface area contributed by atoms with Gasteiger partial charge in [0.05, 0.1) is 6.20 Å². The molecule has 0 bridgehead atoms. The second-order valence-electron chi connectivity index (χ2n) is 2.55. The largest absolute Gasteiger partial charge is 0.356 e. The van der Waals surface area contributed by atoms with Crippen LogP contribution < -0.4 is 0 Å². The number of hydrogen-bond acceptors (Lipinski definition) is 2. The highest BCUT2D eigenvalue weighted by atomic mass is 16.5. The van der Waals surface area contributed by atoms with Crippen LogP contribution in [0.5, 0.6) is 0 Å². The third-order valence-electron chi connectivity index (χ3n) is 1.83. The van der Waals surface area contributed by atoms with E-state index in [1.54, 1.807) is 6.20 Å². The first-order valence-corrected chi connectivity index (χ1v) is 4.73. The Kier molecular flexibility index (Phi) is 3.50. The van der Waals surface area contributed by atoms with E-state index in [-0.39, 0.29) is 0 Å². The summed E-state index contributed by atoms with van der Waals surface area (Å²) in [6, 6.07) is 6.16. The van der Waals surface area contributed by atoms with Gasteiger partial charge in [-0.25, -0.2) is 0 Å². The molecule has 1 aromatic carbocycles. The molecule has 2 heteroatoms. The van der Waals surface area contributed by atoms with E-state index in [1.807, 2.05) is 26.0 Å². The summed E-state index contributed by atoms with van der Waals surface area (Å²) in [6.07, 6.45) is 2.77. The molecule has 0 unspecified atom stereocenters. The number of aryl methyl sites for hydroxylation is 1. The molecule has 0 aliphatic heterocycles. The average molecular weight is 177 g/mol. The second-order valence-corrected chi connectivity index (χ2v) is 2.55. The van der Waals surface area contributed by atoms with E-state index in [1.165, 1.54) is 5.56 Å². The molecular formula is C11H15NO. The van der Waals surface area contributed by atoms with E-state index < -0.39 is 0 Å².